The molecule has 1 unspecified atom stereocenters. The number of sulfone groups is 1. The smallest absolute Gasteiger partial charge is 0.308 e. The van der Waals surface area contributed by atoms with Crippen molar-refractivity contribution in [2.45, 2.75) is 40.4 Å². The molecule has 0 aromatic carbocycles. The van der Waals surface area contributed by atoms with Crippen LogP contribution in [0.2, 0.25) is 0 Å². The maximum absolute atomic E-state index is 13.0. The van der Waals surface area contributed by atoms with Gasteiger partial charge in [0.15, 0.2) is 9.84 Å². The molecule has 8 nitrogen and oxygen atoms in total. The molecule has 12 heteroatoms. The molecule has 0 spiro atoms. The van der Waals surface area contributed by atoms with Crippen LogP contribution in [0.1, 0.15) is 35.8 Å². The third kappa shape index (κ3) is 6.69. The van der Waals surface area contributed by atoms with Crippen molar-refractivity contribution < 1.29 is 22.0 Å². The van der Waals surface area contributed by atoms with Gasteiger partial charge >= 0.3 is 3.93 Å². The van der Waals surface area contributed by atoms with E-state index in [-0.39, 0.29) is 30.3 Å². The van der Waals surface area contributed by atoms with Gasteiger partial charge in [-0.3, -0.25) is 9.78 Å². The number of halogens is 3. The van der Waals surface area contributed by atoms with Crippen LogP contribution < -0.4 is 5.32 Å². The zero-order chi connectivity index (χ0) is 24.9. The Labute approximate surface area is 210 Å². The molecule has 0 aliphatic carbocycles. The fourth-order valence-corrected chi connectivity index (χ4v) is 5.50. The topological polar surface area (TPSA) is 96.7 Å². The number of nitrogens with one attached hydrogen (secondary N) is 1. The van der Waals surface area contributed by atoms with E-state index in [9.17, 15) is 22.0 Å². The van der Waals surface area contributed by atoms with Crippen molar-refractivity contribution in [2.24, 2.45) is 0 Å². The van der Waals surface area contributed by atoms with E-state index in [4.69, 9.17) is 0 Å². The van der Waals surface area contributed by atoms with Crippen molar-refractivity contribution in [3.63, 3.8) is 0 Å². The molecular weight excluding hydrogens is 579 g/mol. The second-order valence-electron chi connectivity index (χ2n) is 7.91. The molecule has 3 aromatic rings. The zero-order valence-corrected chi connectivity index (χ0v) is 21.8. The van der Waals surface area contributed by atoms with Crippen molar-refractivity contribution in [3.05, 3.63) is 60.3 Å². The summed E-state index contributed by atoms with van der Waals surface area (Å²) in [4.78, 5) is 22.7. The van der Waals surface area contributed by atoms with Crippen molar-refractivity contribution in [1.82, 2.24) is 24.6 Å². The number of aromatic nitrogens is 3. The molecule has 0 saturated heterocycles. The molecule has 3 heterocycles. The Hall–Kier alpha value is -2.19. The second kappa shape index (κ2) is 11.0. The fourth-order valence-electron chi connectivity index (χ4n) is 3.52. The average Bonchev–Trinajstić information content (AvgIpc) is 3.26. The molecule has 3 aromatic heterocycles. The summed E-state index contributed by atoms with van der Waals surface area (Å²) in [6, 6.07) is 6.51. The van der Waals surface area contributed by atoms with Gasteiger partial charge in [0.1, 0.15) is 5.65 Å². The van der Waals surface area contributed by atoms with Crippen LogP contribution in [-0.4, -0.2) is 62.9 Å². The van der Waals surface area contributed by atoms with Gasteiger partial charge in [-0.2, -0.15) is 8.78 Å². The van der Waals surface area contributed by atoms with E-state index in [2.05, 4.69) is 15.3 Å². The quantitative estimate of drug-likeness (QED) is 0.204. The van der Waals surface area contributed by atoms with E-state index in [1.165, 1.54) is 17.2 Å². The lowest BCUT2D eigenvalue weighted by molar-refractivity contribution is 0.0782. The van der Waals surface area contributed by atoms with E-state index in [1.807, 2.05) is 0 Å². The number of hydrogen-bond acceptors (Lipinski definition) is 6. The minimum absolute atomic E-state index is 0.0712. The highest BCUT2D eigenvalue weighted by molar-refractivity contribution is 14.1. The van der Waals surface area contributed by atoms with Gasteiger partial charge in [0.05, 0.1) is 34.5 Å². The Bertz CT molecular complexity index is 1230. The third-order valence-corrected chi connectivity index (χ3v) is 8.10. The third-order valence-electron chi connectivity index (χ3n) is 5.37. The normalized spacial score (nSPS) is 13.2. The van der Waals surface area contributed by atoms with Gasteiger partial charge in [0.2, 0.25) is 0 Å². The first-order chi connectivity index (χ1) is 16.0. The average molecular weight is 605 g/mol. The number of amides is 1. The molecule has 0 saturated carbocycles. The summed E-state index contributed by atoms with van der Waals surface area (Å²) in [5.74, 6) is -0.204. The predicted octanol–water partition coefficient (Wildman–Crippen LogP) is 3.56. The van der Waals surface area contributed by atoms with Crippen LogP contribution in [-0.2, 0) is 16.4 Å². The van der Waals surface area contributed by atoms with Crippen molar-refractivity contribution in [1.29, 1.82) is 0 Å². The number of rotatable bonds is 11. The maximum Gasteiger partial charge on any atom is 0.308 e. The SMILES string of the molecule is CCC(CCNCC(F)(F)I)S(=O)(=O)c1ccc(CN(C)C(=O)c2ccc3nccn3c2)nc1. The number of fused-ring (bicyclic) bond motifs is 1. The Morgan fingerprint density at radius 1 is 1.26 bits per heavy atom. The molecular formula is C22H26F2IN5O3S. The predicted molar refractivity (Wildman–Crippen MR) is 133 cm³/mol. The van der Waals surface area contributed by atoms with Crippen molar-refractivity contribution in [3.8, 4) is 0 Å². The molecule has 0 bridgehead atoms. The number of hydrogen-bond donors (Lipinski definition) is 1. The van der Waals surface area contributed by atoms with E-state index in [0.29, 0.717) is 17.7 Å². The molecule has 3 rings (SSSR count). The first kappa shape index (κ1) is 26.4. The molecule has 34 heavy (non-hydrogen) atoms. The lowest BCUT2D eigenvalue weighted by atomic mass is 10.2. The second-order valence-corrected chi connectivity index (χ2v) is 11.7. The minimum atomic E-state index is -3.67. The van der Waals surface area contributed by atoms with Gasteiger partial charge in [-0.25, -0.2) is 13.4 Å². The van der Waals surface area contributed by atoms with Crippen LogP contribution in [0.3, 0.4) is 0 Å². The monoisotopic (exact) mass is 605 g/mol. The van der Waals surface area contributed by atoms with Crippen molar-refractivity contribution >= 4 is 44.0 Å². The van der Waals surface area contributed by atoms with Crippen LogP contribution in [0.25, 0.3) is 5.65 Å². The summed E-state index contributed by atoms with van der Waals surface area (Å²) < 4.78 is 50.7. The summed E-state index contributed by atoms with van der Waals surface area (Å²) in [6.45, 7) is 1.60. The summed E-state index contributed by atoms with van der Waals surface area (Å²) in [7, 11) is -2.02. The number of imidazole rings is 1. The van der Waals surface area contributed by atoms with Gasteiger partial charge in [-0.15, -0.1) is 0 Å². The number of alkyl halides is 3. The van der Waals surface area contributed by atoms with E-state index < -0.39 is 25.6 Å². The largest absolute Gasteiger partial charge is 0.336 e. The van der Waals surface area contributed by atoms with Crippen LogP contribution in [0.15, 0.2) is 53.9 Å². The molecule has 0 fully saturated rings. The minimum Gasteiger partial charge on any atom is -0.336 e. The first-order valence-corrected chi connectivity index (χ1v) is 13.3. The molecule has 1 atom stereocenters. The molecule has 0 aliphatic rings. The Kier molecular flexibility index (Phi) is 8.57. The number of carbonyl (C=O) groups is 1. The van der Waals surface area contributed by atoms with Crippen LogP contribution in [0.4, 0.5) is 8.78 Å². The van der Waals surface area contributed by atoms with Crippen LogP contribution in [0, 0.1) is 0 Å². The highest BCUT2D eigenvalue weighted by Gasteiger charge is 2.27. The summed E-state index contributed by atoms with van der Waals surface area (Å²) >= 11 is 1.04. The molecule has 1 amide bonds. The van der Waals surface area contributed by atoms with Gasteiger partial charge in [0, 0.05) is 54.4 Å². The van der Waals surface area contributed by atoms with Crippen LogP contribution >= 0.6 is 22.6 Å². The van der Waals surface area contributed by atoms with E-state index >= 15 is 0 Å². The van der Waals surface area contributed by atoms with Crippen molar-refractivity contribution in [2.75, 3.05) is 20.1 Å². The molecule has 0 aliphatic heterocycles. The number of nitrogens with zero attached hydrogens (tertiary/aromatic N) is 4. The molecule has 1 N–H and O–H groups in total. The van der Waals surface area contributed by atoms with Gasteiger partial charge in [-0.1, -0.05) is 6.92 Å². The van der Waals surface area contributed by atoms with Gasteiger partial charge in [-0.05, 0) is 43.7 Å². The van der Waals surface area contributed by atoms with E-state index in [0.717, 1.165) is 28.2 Å². The molecule has 184 valence electrons. The maximum atomic E-state index is 13.0. The van der Waals surface area contributed by atoms with Gasteiger partial charge < -0.3 is 14.6 Å². The highest BCUT2D eigenvalue weighted by atomic mass is 127. The summed E-state index contributed by atoms with van der Waals surface area (Å²) in [5.41, 5.74) is 1.77. The Balaban J connectivity index is 1.62. The molecule has 0 radical (unpaired) electrons. The lowest BCUT2D eigenvalue weighted by Gasteiger charge is -2.18. The van der Waals surface area contributed by atoms with E-state index in [1.54, 1.807) is 55.2 Å². The standard InChI is InChI=1S/C22H26F2IN5O3S/c1-3-18(8-9-26-15-22(23,24)25)34(32,33)19-6-5-17(28-12-19)14-29(2)21(31)16-4-7-20-27-10-11-30(20)13-16/h4-7,10-13,18,26H,3,8-9,14-15H2,1-2H3. The summed E-state index contributed by atoms with van der Waals surface area (Å²) in [6.07, 6.45) is 6.96. The lowest BCUT2D eigenvalue weighted by Crippen LogP contribution is -2.32. The number of carbonyl (C=O) groups excluding carboxylic acids is 1. The Morgan fingerprint density at radius 3 is 2.68 bits per heavy atom. The first-order valence-electron chi connectivity index (χ1n) is 10.7. The Morgan fingerprint density at radius 2 is 2.03 bits per heavy atom. The summed E-state index contributed by atoms with van der Waals surface area (Å²) in [5, 5.41) is 1.89. The van der Waals surface area contributed by atoms with Crippen LogP contribution in [0.5, 0.6) is 0 Å². The number of pyridine rings is 2. The van der Waals surface area contributed by atoms with Gasteiger partial charge in [0.25, 0.3) is 5.91 Å². The highest BCUT2D eigenvalue weighted by Crippen LogP contribution is 2.22. The zero-order valence-electron chi connectivity index (χ0n) is 18.8. The fraction of sp³-hybridized carbons (Fsp3) is 0.409.